The monoisotopic (exact) mass is 199 g/mol. The molecule has 1 atom stereocenters. The van der Waals surface area contributed by atoms with Crippen LogP contribution in [0.3, 0.4) is 0 Å². The van der Waals surface area contributed by atoms with Crippen LogP contribution in [0.1, 0.15) is 19.3 Å². The number of carbonyl (C=O) groups is 2. The van der Waals surface area contributed by atoms with Gasteiger partial charge in [0.2, 0.25) is 5.91 Å². The Hall–Kier alpha value is -0.930. The first-order valence-corrected chi connectivity index (χ1v) is 5.07. The summed E-state index contributed by atoms with van der Waals surface area (Å²) in [6.07, 6.45) is 1.56. The number of halogens is 1. The Morgan fingerprint density at radius 1 is 1.50 bits per heavy atom. The first-order valence-electron chi connectivity index (χ1n) is 5.07. The van der Waals surface area contributed by atoms with Crippen LogP contribution in [-0.2, 0) is 9.59 Å². The predicted octanol–water partition coefficient (Wildman–Crippen LogP) is 0.783. The first-order chi connectivity index (χ1) is 6.70. The summed E-state index contributed by atoms with van der Waals surface area (Å²) in [5, 5.41) is 0. The van der Waals surface area contributed by atoms with Crippen molar-refractivity contribution in [1.82, 2.24) is 4.90 Å². The molecule has 1 aliphatic heterocycles. The number of amides is 1. The van der Waals surface area contributed by atoms with Crippen molar-refractivity contribution >= 4 is 11.7 Å². The molecule has 2 aliphatic rings. The summed E-state index contributed by atoms with van der Waals surface area (Å²) in [4.78, 5) is 24.1. The molecule has 1 amide bonds. The molecule has 0 aromatic heterocycles. The van der Waals surface area contributed by atoms with Crippen molar-refractivity contribution < 1.29 is 14.0 Å². The number of nitrogens with zero attached hydrogens (tertiary/aromatic N) is 1. The Labute approximate surface area is 82.3 Å². The molecule has 2 fully saturated rings. The van der Waals surface area contributed by atoms with Crippen LogP contribution in [0.2, 0.25) is 0 Å². The molecule has 1 saturated carbocycles. The zero-order valence-electron chi connectivity index (χ0n) is 8.04. The fourth-order valence-corrected chi connectivity index (χ4v) is 2.08. The second-order valence-corrected chi connectivity index (χ2v) is 4.24. The van der Waals surface area contributed by atoms with E-state index in [-0.39, 0.29) is 30.2 Å². The predicted molar refractivity (Wildman–Crippen MR) is 48.4 cm³/mol. The summed E-state index contributed by atoms with van der Waals surface area (Å²) in [6, 6.07) is 0. The lowest BCUT2D eigenvalue weighted by Crippen LogP contribution is -2.41. The highest BCUT2D eigenvalue weighted by molar-refractivity contribution is 5.96. The third-order valence-corrected chi connectivity index (χ3v) is 3.11. The van der Waals surface area contributed by atoms with E-state index >= 15 is 0 Å². The van der Waals surface area contributed by atoms with Crippen molar-refractivity contribution in [3.63, 3.8) is 0 Å². The van der Waals surface area contributed by atoms with Crippen molar-refractivity contribution in [1.29, 1.82) is 0 Å². The van der Waals surface area contributed by atoms with Gasteiger partial charge in [-0.15, -0.1) is 0 Å². The lowest BCUT2D eigenvalue weighted by atomic mass is 9.83. The molecule has 4 heteroatoms. The maximum atomic E-state index is 12.3. The summed E-state index contributed by atoms with van der Waals surface area (Å²) in [6.45, 7) is 0.867. The Balaban J connectivity index is 1.84. The normalized spacial score (nSPS) is 27.9. The van der Waals surface area contributed by atoms with Gasteiger partial charge in [0.1, 0.15) is 5.78 Å². The van der Waals surface area contributed by atoms with Crippen LogP contribution >= 0.6 is 0 Å². The van der Waals surface area contributed by atoms with Crippen LogP contribution in [0.5, 0.6) is 0 Å². The molecule has 1 aliphatic carbocycles. The molecular formula is C10H14FNO2. The van der Waals surface area contributed by atoms with E-state index in [2.05, 4.69) is 0 Å². The van der Waals surface area contributed by atoms with Crippen molar-refractivity contribution in [3.05, 3.63) is 0 Å². The molecule has 14 heavy (non-hydrogen) atoms. The minimum Gasteiger partial charge on any atom is -0.342 e. The largest absolute Gasteiger partial charge is 0.342 e. The fourth-order valence-electron chi connectivity index (χ4n) is 2.08. The number of rotatable bonds is 2. The van der Waals surface area contributed by atoms with Gasteiger partial charge in [-0.25, -0.2) is 0 Å². The van der Waals surface area contributed by atoms with E-state index in [1.165, 1.54) is 0 Å². The van der Waals surface area contributed by atoms with Gasteiger partial charge in [-0.1, -0.05) is 0 Å². The van der Waals surface area contributed by atoms with Crippen LogP contribution in [0.25, 0.3) is 0 Å². The highest BCUT2D eigenvalue weighted by Crippen LogP contribution is 2.27. The topological polar surface area (TPSA) is 37.4 Å². The fraction of sp³-hybridized carbons (Fsp3) is 0.800. The van der Waals surface area contributed by atoms with E-state index in [0.717, 1.165) is 6.42 Å². The first kappa shape index (κ1) is 9.62. The zero-order valence-corrected chi connectivity index (χ0v) is 8.04. The standard InChI is InChI=1S/C10H14FNO2/c11-5-7-1-2-12(6-7)10(14)8-3-9(13)4-8/h7-8H,1-6H2. The quantitative estimate of drug-likeness (QED) is 0.659. The smallest absolute Gasteiger partial charge is 0.226 e. The van der Waals surface area contributed by atoms with Crippen molar-refractivity contribution in [2.24, 2.45) is 11.8 Å². The van der Waals surface area contributed by atoms with Crippen LogP contribution in [0.4, 0.5) is 4.39 Å². The highest BCUT2D eigenvalue weighted by Gasteiger charge is 2.37. The average Bonchev–Trinajstić information content (AvgIpc) is 2.60. The van der Waals surface area contributed by atoms with Crippen LogP contribution in [0, 0.1) is 11.8 Å². The van der Waals surface area contributed by atoms with Crippen molar-refractivity contribution in [3.8, 4) is 0 Å². The third-order valence-electron chi connectivity index (χ3n) is 3.11. The molecule has 3 nitrogen and oxygen atoms in total. The zero-order chi connectivity index (χ0) is 10.1. The van der Waals surface area contributed by atoms with Crippen molar-refractivity contribution in [2.75, 3.05) is 19.8 Å². The van der Waals surface area contributed by atoms with E-state index in [4.69, 9.17) is 0 Å². The van der Waals surface area contributed by atoms with Gasteiger partial charge >= 0.3 is 0 Å². The maximum Gasteiger partial charge on any atom is 0.226 e. The SMILES string of the molecule is O=C1CC(C(=O)N2CCC(CF)C2)C1. The average molecular weight is 199 g/mol. The lowest BCUT2D eigenvalue weighted by Gasteiger charge is -2.28. The second kappa shape index (κ2) is 3.67. The molecule has 2 rings (SSSR count). The van der Waals surface area contributed by atoms with E-state index in [1.807, 2.05) is 0 Å². The molecule has 1 unspecified atom stereocenters. The molecule has 0 N–H and O–H groups in total. The Morgan fingerprint density at radius 2 is 2.21 bits per heavy atom. The van der Waals surface area contributed by atoms with E-state index in [0.29, 0.717) is 25.9 Å². The summed E-state index contributed by atoms with van der Waals surface area (Å²) in [5.74, 6) is 0.153. The Bertz CT molecular complexity index is 259. The van der Waals surface area contributed by atoms with Crippen LogP contribution in [0.15, 0.2) is 0 Å². The maximum absolute atomic E-state index is 12.3. The van der Waals surface area contributed by atoms with Gasteiger partial charge in [0.15, 0.2) is 0 Å². The molecule has 1 saturated heterocycles. The minimum atomic E-state index is -0.340. The molecule has 0 radical (unpaired) electrons. The number of likely N-dealkylation sites (tertiary alicyclic amines) is 1. The molecular weight excluding hydrogens is 185 g/mol. The Morgan fingerprint density at radius 3 is 2.71 bits per heavy atom. The molecule has 0 aromatic rings. The van der Waals surface area contributed by atoms with Crippen molar-refractivity contribution in [2.45, 2.75) is 19.3 Å². The van der Waals surface area contributed by atoms with Gasteiger partial charge in [0.25, 0.3) is 0 Å². The minimum absolute atomic E-state index is 0.0229. The van der Waals surface area contributed by atoms with Gasteiger partial charge in [-0.3, -0.25) is 14.0 Å². The van der Waals surface area contributed by atoms with Crippen LogP contribution in [-0.4, -0.2) is 36.4 Å². The lowest BCUT2D eigenvalue weighted by molar-refractivity contribution is -0.144. The number of alkyl halides is 1. The number of ketones is 1. The summed E-state index contributed by atoms with van der Waals surface area (Å²) < 4.78 is 12.3. The molecule has 0 bridgehead atoms. The van der Waals surface area contributed by atoms with Gasteiger partial charge in [0.05, 0.1) is 12.6 Å². The summed E-state index contributed by atoms with van der Waals surface area (Å²) in [5.41, 5.74) is 0. The molecule has 0 aromatic carbocycles. The van der Waals surface area contributed by atoms with E-state index < -0.39 is 0 Å². The second-order valence-electron chi connectivity index (χ2n) is 4.24. The van der Waals surface area contributed by atoms with Gasteiger partial charge in [-0.05, 0) is 6.42 Å². The van der Waals surface area contributed by atoms with E-state index in [9.17, 15) is 14.0 Å². The molecule has 78 valence electrons. The third kappa shape index (κ3) is 1.65. The van der Waals surface area contributed by atoms with Gasteiger partial charge < -0.3 is 4.90 Å². The summed E-state index contributed by atoms with van der Waals surface area (Å²) in [7, 11) is 0. The Kier molecular flexibility index (Phi) is 2.52. The number of hydrogen-bond donors (Lipinski definition) is 0. The number of hydrogen-bond acceptors (Lipinski definition) is 2. The molecule has 1 heterocycles. The number of Topliss-reactive ketones (excluding diaryl/α,β-unsaturated/α-hetero) is 1. The highest BCUT2D eigenvalue weighted by atomic mass is 19.1. The van der Waals surface area contributed by atoms with Crippen LogP contribution < -0.4 is 0 Å². The van der Waals surface area contributed by atoms with E-state index in [1.54, 1.807) is 4.90 Å². The summed E-state index contributed by atoms with van der Waals surface area (Å²) >= 11 is 0. The molecule has 0 spiro atoms. The van der Waals surface area contributed by atoms with Gasteiger partial charge in [-0.2, -0.15) is 0 Å². The number of carbonyl (C=O) groups excluding carboxylic acids is 2. The van der Waals surface area contributed by atoms with Gasteiger partial charge in [0, 0.05) is 31.8 Å².